The molecule has 3 aromatic rings. The topological polar surface area (TPSA) is 64.6 Å². The first-order chi connectivity index (χ1) is 17.8. The van der Waals surface area contributed by atoms with Crippen LogP contribution in [-0.2, 0) is 16.1 Å². The number of benzene rings is 3. The number of ether oxygens (including phenoxy) is 2. The van der Waals surface area contributed by atoms with Crippen molar-refractivity contribution in [3.8, 4) is 5.75 Å². The lowest BCUT2D eigenvalue weighted by Crippen LogP contribution is -2.29. The van der Waals surface area contributed by atoms with Gasteiger partial charge in [-0.1, -0.05) is 36.4 Å². The van der Waals surface area contributed by atoms with Crippen molar-refractivity contribution < 1.29 is 23.5 Å². The summed E-state index contributed by atoms with van der Waals surface area (Å²) < 4.78 is 26.7. The highest BCUT2D eigenvalue weighted by Gasteiger charge is 2.43. The van der Waals surface area contributed by atoms with E-state index in [2.05, 4.69) is 50.5 Å². The van der Waals surface area contributed by atoms with E-state index in [0.717, 1.165) is 29.5 Å². The number of esters is 1. The molecule has 0 spiro atoms. The molecule has 8 heteroatoms. The molecule has 2 aliphatic rings. The molecule has 0 aromatic heterocycles. The molecule has 1 aliphatic heterocycles. The minimum atomic E-state index is -0.602. The molecule has 0 bridgehead atoms. The minimum absolute atomic E-state index is 0.103. The first-order valence-corrected chi connectivity index (χ1v) is 13.8. The zero-order chi connectivity index (χ0) is 26.3. The number of rotatable bonds is 6. The number of carbonyl (C=O) groups is 2. The minimum Gasteiger partial charge on any atom is -0.487 e. The van der Waals surface area contributed by atoms with Crippen molar-refractivity contribution in [3.63, 3.8) is 0 Å². The summed E-state index contributed by atoms with van der Waals surface area (Å²) in [4.78, 5) is 26.8. The Kier molecular flexibility index (Phi) is 7.39. The number of allylic oxidation sites excluding steroid dienone is 2. The maximum atomic E-state index is 13.6. The summed E-state index contributed by atoms with van der Waals surface area (Å²) in [5.74, 6) is -0.809. The highest BCUT2D eigenvalue weighted by atomic mass is 127. The number of hydrogen-bond donors (Lipinski definition) is 1. The van der Waals surface area contributed by atoms with Crippen molar-refractivity contribution >= 4 is 62.6 Å². The molecule has 188 valence electrons. The van der Waals surface area contributed by atoms with E-state index in [1.54, 1.807) is 13.0 Å². The van der Waals surface area contributed by atoms with Crippen LogP contribution in [0.3, 0.4) is 0 Å². The molecule has 0 unspecified atom stereocenters. The lowest BCUT2D eigenvalue weighted by molar-refractivity contribution is -0.138. The van der Waals surface area contributed by atoms with Gasteiger partial charge in [-0.25, -0.2) is 9.18 Å². The van der Waals surface area contributed by atoms with Crippen molar-refractivity contribution in [2.75, 3.05) is 6.61 Å². The summed E-state index contributed by atoms with van der Waals surface area (Å²) in [7, 11) is 0. The Morgan fingerprint density at radius 1 is 1.03 bits per heavy atom. The molecule has 3 aromatic carbocycles. The van der Waals surface area contributed by atoms with Gasteiger partial charge in [-0.05, 0) is 94.4 Å². The second-order valence-corrected chi connectivity index (χ2v) is 11.0. The van der Waals surface area contributed by atoms with Gasteiger partial charge in [0, 0.05) is 28.3 Å². The van der Waals surface area contributed by atoms with Crippen LogP contribution in [0.1, 0.15) is 46.8 Å². The van der Waals surface area contributed by atoms with Gasteiger partial charge < -0.3 is 14.8 Å². The summed E-state index contributed by atoms with van der Waals surface area (Å²) >= 11 is 4.39. The van der Waals surface area contributed by atoms with E-state index in [1.807, 2.05) is 49.4 Å². The van der Waals surface area contributed by atoms with Gasteiger partial charge in [-0.3, -0.25) is 4.79 Å². The molecule has 0 radical (unpaired) electrons. The maximum Gasteiger partial charge on any atom is 0.336 e. The van der Waals surface area contributed by atoms with Gasteiger partial charge >= 0.3 is 5.97 Å². The molecule has 0 fully saturated rings. The third-order valence-corrected chi connectivity index (χ3v) is 7.97. The van der Waals surface area contributed by atoms with E-state index in [4.69, 9.17) is 9.47 Å². The molecule has 5 rings (SSSR count). The molecule has 1 aliphatic carbocycles. The average Bonchev–Trinajstić information content (AvgIpc) is 3.14. The number of carbonyl (C=O) groups excluding carboxylic acids is 2. The van der Waals surface area contributed by atoms with Crippen molar-refractivity contribution in [1.29, 1.82) is 0 Å². The van der Waals surface area contributed by atoms with E-state index >= 15 is 0 Å². The van der Waals surface area contributed by atoms with Crippen LogP contribution in [0.2, 0.25) is 0 Å². The highest BCUT2D eigenvalue weighted by Crippen LogP contribution is 2.48. The quantitative estimate of drug-likeness (QED) is 0.226. The Bertz CT molecular complexity index is 1490. The first-order valence-electron chi connectivity index (χ1n) is 11.7. The molecular formula is C29H22FI2NO4. The van der Waals surface area contributed by atoms with Crippen molar-refractivity contribution in [2.24, 2.45) is 0 Å². The number of hydrogen-bond acceptors (Lipinski definition) is 5. The van der Waals surface area contributed by atoms with Crippen LogP contribution in [0.15, 0.2) is 77.5 Å². The maximum absolute atomic E-state index is 13.6. The van der Waals surface area contributed by atoms with Gasteiger partial charge in [0.2, 0.25) is 0 Å². The molecule has 0 amide bonds. The fourth-order valence-corrected chi connectivity index (χ4v) is 6.94. The van der Waals surface area contributed by atoms with Gasteiger partial charge in [-0.2, -0.15) is 0 Å². The zero-order valence-corrected chi connectivity index (χ0v) is 24.3. The third kappa shape index (κ3) is 4.81. The number of ketones is 1. The lowest BCUT2D eigenvalue weighted by atomic mass is 9.80. The van der Waals surface area contributed by atoms with Crippen LogP contribution in [0.4, 0.5) is 4.39 Å². The summed E-state index contributed by atoms with van der Waals surface area (Å²) in [6.07, 6.45) is 0. The molecule has 0 saturated heterocycles. The predicted molar refractivity (Wildman–Crippen MR) is 156 cm³/mol. The average molecular weight is 721 g/mol. The molecule has 1 heterocycles. The van der Waals surface area contributed by atoms with Crippen LogP contribution in [0.5, 0.6) is 5.75 Å². The van der Waals surface area contributed by atoms with Crippen molar-refractivity contribution in [3.05, 3.63) is 113 Å². The van der Waals surface area contributed by atoms with Crippen molar-refractivity contribution in [2.45, 2.75) is 26.4 Å². The Labute approximate surface area is 241 Å². The molecule has 5 nitrogen and oxygen atoms in total. The van der Waals surface area contributed by atoms with Crippen LogP contribution < -0.4 is 10.1 Å². The Balaban J connectivity index is 1.58. The second-order valence-electron chi connectivity index (χ2n) is 8.71. The van der Waals surface area contributed by atoms with Gasteiger partial charge in [-0.15, -0.1) is 0 Å². The van der Waals surface area contributed by atoms with E-state index in [0.29, 0.717) is 28.2 Å². The fourth-order valence-electron chi connectivity index (χ4n) is 4.81. The number of halogens is 3. The lowest BCUT2D eigenvalue weighted by Gasteiger charge is -2.29. The summed E-state index contributed by atoms with van der Waals surface area (Å²) in [6, 6.07) is 17.6. The zero-order valence-electron chi connectivity index (χ0n) is 20.0. The van der Waals surface area contributed by atoms with Crippen LogP contribution in [-0.4, -0.2) is 18.4 Å². The number of Topliss-reactive ketones (excluding diaryl/α,β-unsaturated/α-hetero) is 1. The molecule has 37 heavy (non-hydrogen) atoms. The molecule has 0 saturated carbocycles. The van der Waals surface area contributed by atoms with Crippen molar-refractivity contribution in [1.82, 2.24) is 5.32 Å². The Morgan fingerprint density at radius 2 is 1.73 bits per heavy atom. The summed E-state index contributed by atoms with van der Waals surface area (Å²) in [5.41, 5.74) is 5.30. The molecular weight excluding hydrogens is 699 g/mol. The Hall–Kier alpha value is -2.73. The smallest absolute Gasteiger partial charge is 0.336 e. The molecule has 1 N–H and O–H groups in total. The largest absolute Gasteiger partial charge is 0.487 e. The second kappa shape index (κ2) is 10.6. The van der Waals surface area contributed by atoms with E-state index in [-0.39, 0.29) is 24.8 Å². The normalized spacial score (nSPS) is 16.4. The number of dihydropyridines is 1. The van der Waals surface area contributed by atoms with Crippen LogP contribution in [0, 0.1) is 13.0 Å². The summed E-state index contributed by atoms with van der Waals surface area (Å²) in [5, 5.41) is 3.32. The molecule has 1 atom stereocenters. The van der Waals surface area contributed by atoms with Crippen LogP contribution >= 0.6 is 45.2 Å². The SMILES string of the molecule is CCOC(=O)C1=C(C)NC2=C(C(=O)c3ccccc32)[C@H]1c1cc(I)c(OCc2cccc(F)c2)c(I)c1. The van der Waals surface area contributed by atoms with E-state index in [9.17, 15) is 14.0 Å². The number of nitrogens with one attached hydrogen (secondary N) is 1. The standard InChI is InChI=1S/C29H22FI2NO4/c1-3-36-29(35)23-15(2)33-26-19-9-4-5-10-20(19)27(34)25(26)24(23)17-12-21(31)28(22(32)13-17)37-14-16-7-6-8-18(30)11-16/h4-13,24,33H,3,14H2,1-2H3/t24-/m0/s1. The summed E-state index contributed by atoms with van der Waals surface area (Å²) in [6.45, 7) is 4.04. The predicted octanol–water partition coefficient (Wildman–Crippen LogP) is 6.75. The van der Waals surface area contributed by atoms with E-state index in [1.165, 1.54) is 12.1 Å². The van der Waals surface area contributed by atoms with Gasteiger partial charge in [0.05, 0.1) is 25.0 Å². The van der Waals surface area contributed by atoms with Crippen LogP contribution in [0.25, 0.3) is 5.70 Å². The highest BCUT2D eigenvalue weighted by molar-refractivity contribution is 14.1. The Morgan fingerprint density at radius 3 is 2.41 bits per heavy atom. The monoisotopic (exact) mass is 721 g/mol. The fraction of sp³-hybridized carbons (Fsp3) is 0.172. The van der Waals surface area contributed by atoms with E-state index < -0.39 is 11.9 Å². The van der Waals surface area contributed by atoms with Gasteiger partial charge in [0.1, 0.15) is 18.2 Å². The van der Waals surface area contributed by atoms with Gasteiger partial charge in [0.15, 0.2) is 5.78 Å². The number of fused-ring (bicyclic) bond motifs is 2. The third-order valence-electron chi connectivity index (χ3n) is 6.37. The first kappa shape index (κ1) is 25.9. The van der Waals surface area contributed by atoms with Gasteiger partial charge in [0.25, 0.3) is 0 Å².